The van der Waals surface area contributed by atoms with Crippen LogP contribution in [0.4, 0.5) is 0 Å². The summed E-state index contributed by atoms with van der Waals surface area (Å²) in [7, 11) is 0. The fourth-order valence-electron chi connectivity index (χ4n) is 3.16. The summed E-state index contributed by atoms with van der Waals surface area (Å²) < 4.78 is 5.49. The van der Waals surface area contributed by atoms with Crippen LogP contribution < -0.4 is 5.32 Å². The Kier molecular flexibility index (Phi) is 4.29. The maximum Gasteiger partial charge on any atom is 0.258 e. The fraction of sp³-hybridized carbons (Fsp3) is 0.333. The van der Waals surface area contributed by atoms with E-state index in [1.54, 1.807) is 18.6 Å². The molecule has 0 atom stereocenters. The van der Waals surface area contributed by atoms with Gasteiger partial charge in [0, 0.05) is 18.0 Å². The average Bonchev–Trinajstić information content (AvgIpc) is 3.14. The van der Waals surface area contributed by atoms with Crippen LogP contribution >= 0.6 is 0 Å². The van der Waals surface area contributed by atoms with Gasteiger partial charge in [-0.15, -0.1) is 0 Å². The highest BCUT2D eigenvalue weighted by Gasteiger charge is 2.18. The summed E-state index contributed by atoms with van der Waals surface area (Å²) in [5.74, 6) is 1.71. The van der Waals surface area contributed by atoms with Crippen LogP contribution in [0.1, 0.15) is 18.4 Å². The highest BCUT2D eigenvalue weighted by molar-refractivity contribution is 5.61. The number of rotatable bonds is 4. The van der Waals surface area contributed by atoms with Gasteiger partial charge >= 0.3 is 0 Å². The molecule has 6 heteroatoms. The van der Waals surface area contributed by atoms with Crippen molar-refractivity contribution in [3.8, 4) is 23.0 Å². The van der Waals surface area contributed by atoms with E-state index >= 15 is 0 Å². The minimum absolute atomic E-state index is 0.467. The molecule has 2 aromatic heterocycles. The molecular formula is C18H19N5O. The van der Waals surface area contributed by atoms with Crippen molar-refractivity contribution in [3.05, 3.63) is 48.4 Å². The summed E-state index contributed by atoms with van der Waals surface area (Å²) in [6, 6.07) is 8.28. The molecule has 3 aromatic rings. The van der Waals surface area contributed by atoms with Crippen LogP contribution in [-0.4, -0.2) is 33.2 Å². The zero-order valence-corrected chi connectivity index (χ0v) is 13.4. The highest BCUT2D eigenvalue weighted by Crippen LogP contribution is 2.28. The monoisotopic (exact) mass is 321 g/mol. The van der Waals surface area contributed by atoms with Crippen LogP contribution in [0.25, 0.3) is 23.0 Å². The van der Waals surface area contributed by atoms with Gasteiger partial charge in [-0.3, -0.25) is 4.98 Å². The first kappa shape index (κ1) is 15.0. The third-order valence-corrected chi connectivity index (χ3v) is 4.43. The molecule has 0 bridgehead atoms. The molecule has 122 valence electrons. The van der Waals surface area contributed by atoms with Crippen molar-refractivity contribution in [1.82, 2.24) is 25.4 Å². The van der Waals surface area contributed by atoms with Crippen molar-refractivity contribution < 1.29 is 4.52 Å². The van der Waals surface area contributed by atoms with Crippen LogP contribution in [0, 0.1) is 5.92 Å². The first-order valence-corrected chi connectivity index (χ1v) is 8.29. The van der Waals surface area contributed by atoms with Crippen molar-refractivity contribution in [2.75, 3.05) is 13.1 Å². The van der Waals surface area contributed by atoms with Crippen LogP contribution in [-0.2, 0) is 6.42 Å². The van der Waals surface area contributed by atoms with Crippen LogP contribution in [0.2, 0.25) is 0 Å². The number of nitrogens with one attached hydrogen (secondary N) is 1. The molecule has 1 N–H and O–H groups in total. The SMILES string of the molecule is c1ccc(-c2nc(-c3cnccn3)no2)c(CC2CCNCC2)c1. The quantitative estimate of drug-likeness (QED) is 0.796. The van der Waals surface area contributed by atoms with Gasteiger partial charge in [0.2, 0.25) is 5.82 Å². The van der Waals surface area contributed by atoms with Gasteiger partial charge in [-0.1, -0.05) is 23.4 Å². The first-order valence-electron chi connectivity index (χ1n) is 8.29. The minimum Gasteiger partial charge on any atom is -0.334 e. The second kappa shape index (κ2) is 6.88. The summed E-state index contributed by atoms with van der Waals surface area (Å²) in [5.41, 5.74) is 2.89. The first-order chi connectivity index (χ1) is 11.9. The van der Waals surface area contributed by atoms with Gasteiger partial charge < -0.3 is 9.84 Å². The summed E-state index contributed by atoms with van der Waals surface area (Å²) >= 11 is 0. The molecule has 6 nitrogen and oxygen atoms in total. The lowest BCUT2D eigenvalue weighted by atomic mass is 9.89. The van der Waals surface area contributed by atoms with Crippen molar-refractivity contribution in [1.29, 1.82) is 0 Å². The number of aromatic nitrogens is 4. The lowest BCUT2D eigenvalue weighted by Gasteiger charge is -2.23. The molecule has 1 saturated heterocycles. The third kappa shape index (κ3) is 3.19. The molecule has 0 aliphatic carbocycles. The predicted octanol–water partition coefficient (Wildman–Crippen LogP) is 2.74. The Morgan fingerprint density at radius 1 is 1.12 bits per heavy atom. The minimum atomic E-state index is 0.467. The summed E-state index contributed by atoms with van der Waals surface area (Å²) in [6.45, 7) is 2.20. The molecule has 1 aromatic carbocycles. The molecule has 1 aliphatic rings. The Balaban J connectivity index is 1.61. The van der Waals surface area contributed by atoms with Crippen LogP contribution in [0.3, 0.4) is 0 Å². The molecule has 0 unspecified atom stereocenters. The van der Waals surface area contributed by atoms with Gasteiger partial charge in [0.25, 0.3) is 5.89 Å². The molecule has 0 radical (unpaired) electrons. The summed E-state index contributed by atoms with van der Waals surface area (Å²) in [5, 5.41) is 7.47. The van der Waals surface area contributed by atoms with Gasteiger partial charge in [-0.2, -0.15) is 4.98 Å². The molecule has 0 amide bonds. The zero-order chi connectivity index (χ0) is 16.2. The molecule has 4 rings (SSSR count). The maximum absolute atomic E-state index is 5.49. The number of benzene rings is 1. The molecular weight excluding hydrogens is 302 g/mol. The predicted molar refractivity (Wildman–Crippen MR) is 90.1 cm³/mol. The molecule has 3 heterocycles. The van der Waals surface area contributed by atoms with E-state index in [1.807, 2.05) is 12.1 Å². The Bertz CT molecular complexity index is 796. The second-order valence-electron chi connectivity index (χ2n) is 6.07. The molecule has 1 fully saturated rings. The lowest BCUT2D eigenvalue weighted by Crippen LogP contribution is -2.28. The Morgan fingerprint density at radius 2 is 2.00 bits per heavy atom. The number of hydrogen-bond donors (Lipinski definition) is 1. The van der Waals surface area contributed by atoms with E-state index in [0.29, 0.717) is 23.3 Å². The van der Waals surface area contributed by atoms with Crippen molar-refractivity contribution in [3.63, 3.8) is 0 Å². The van der Waals surface area contributed by atoms with Crippen molar-refractivity contribution in [2.24, 2.45) is 5.92 Å². The standard InChI is InChI=1S/C18H19N5O/c1-2-4-15(14(3-1)11-13-5-7-19-8-6-13)18-22-17(23-24-18)16-12-20-9-10-21-16/h1-4,9-10,12-13,19H,5-8,11H2. The maximum atomic E-state index is 5.49. The fourth-order valence-corrected chi connectivity index (χ4v) is 3.16. The van der Waals surface area contributed by atoms with Crippen LogP contribution in [0.5, 0.6) is 0 Å². The summed E-state index contributed by atoms with van der Waals surface area (Å²) in [6.07, 6.45) is 8.34. The molecule has 0 saturated carbocycles. The molecule has 24 heavy (non-hydrogen) atoms. The van der Waals surface area contributed by atoms with Gasteiger partial charge in [-0.25, -0.2) is 4.98 Å². The topological polar surface area (TPSA) is 76.7 Å². The normalized spacial score (nSPS) is 15.5. The Labute approximate surface area is 140 Å². The van der Waals surface area contributed by atoms with Gasteiger partial charge in [0.1, 0.15) is 5.69 Å². The smallest absolute Gasteiger partial charge is 0.258 e. The largest absolute Gasteiger partial charge is 0.334 e. The Hall–Kier alpha value is -2.60. The third-order valence-electron chi connectivity index (χ3n) is 4.43. The number of nitrogens with zero attached hydrogens (tertiary/aromatic N) is 4. The average molecular weight is 321 g/mol. The Morgan fingerprint density at radius 3 is 2.83 bits per heavy atom. The van der Waals surface area contributed by atoms with E-state index in [0.717, 1.165) is 25.1 Å². The van der Waals surface area contributed by atoms with Gasteiger partial charge in [-0.05, 0) is 49.9 Å². The van der Waals surface area contributed by atoms with E-state index in [2.05, 4.69) is 37.6 Å². The van der Waals surface area contributed by atoms with E-state index in [4.69, 9.17) is 4.52 Å². The van der Waals surface area contributed by atoms with Gasteiger partial charge in [0.15, 0.2) is 0 Å². The highest BCUT2D eigenvalue weighted by atomic mass is 16.5. The second-order valence-corrected chi connectivity index (χ2v) is 6.07. The molecule has 1 aliphatic heterocycles. The van der Waals surface area contributed by atoms with E-state index in [9.17, 15) is 0 Å². The van der Waals surface area contributed by atoms with E-state index in [1.165, 1.54) is 18.4 Å². The lowest BCUT2D eigenvalue weighted by molar-refractivity contribution is 0.372. The van der Waals surface area contributed by atoms with E-state index in [-0.39, 0.29) is 0 Å². The zero-order valence-electron chi connectivity index (χ0n) is 13.4. The number of piperidine rings is 1. The van der Waals surface area contributed by atoms with E-state index < -0.39 is 0 Å². The summed E-state index contributed by atoms with van der Waals surface area (Å²) in [4.78, 5) is 12.8. The van der Waals surface area contributed by atoms with Crippen molar-refractivity contribution in [2.45, 2.75) is 19.3 Å². The van der Waals surface area contributed by atoms with Crippen molar-refractivity contribution >= 4 is 0 Å². The molecule has 0 spiro atoms. The van der Waals surface area contributed by atoms with Gasteiger partial charge in [0.05, 0.1) is 6.20 Å². The number of hydrogen-bond acceptors (Lipinski definition) is 6. The van der Waals surface area contributed by atoms with Crippen LogP contribution in [0.15, 0.2) is 47.4 Å².